The van der Waals surface area contributed by atoms with E-state index in [1.807, 2.05) is 23.6 Å². The first kappa shape index (κ1) is 18.0. The van der Waals surface area contributed by atoms with Crippen LogP contribution < -0.4 is 5.32 Å². The van der Waals surface area contributed by atoms with Gasteiger partial charge in [0.2, 0.25) is 5.91 Å². The van der Waals surface area contributed by atoms with Crippen molar-refractivity contribution in [3.63, 3.8) is 0 Å². The summed E-state index contributed by atoms with van der Waals surface area (Å²) in [4.78, 5) is 14.5. The number of furan rings is 1. The van der Waals surface area contributed by atoms with Gasteiger partial charge in [-0.15, -0.1) is 10.2 Å². The molecule has 2 aromatic rings. The molecule has 3 heterocycles. The van der Waals surface area contributed by atoms with E-state index in [-0.39, 0.29) is 5.91 Å². The molecule has 0 radical (unpaired) electrons. The average molecular weight is 363 g/mol. The van der Waals surface area contributed by atoms with Crippen LogP contribution in [0.3, 0.4) is 0 Å². The molecule has 136 valence electrons. The van der Waals surface area contributed by atoms with Crippen LogP contribution in [0.2, 0.25) is 0 Å². The lowest BCUT2D eigenvalue weighted by Crippen LogP contribution is -2.38. The van der Waals surface area contributed by atoms with Gasteiger partial charge in [0.05, 0.1) is 12.0 Å². The van der Waals surface area contributed by atoms with Crippen LogP contribution in [0.4, 0.5) is 0 Å². The number of hydrogen-bond donors (Lipinski definition) is 1. The highest BCUT2D eigenvalue weighted by Gasteiger charge is 2.16. The fourth-order valence-electron chi connectivity index (χ4n) is 2.99. The van der Waals surface area contributed by atoms with Gasteiger partial charge in [0, 0.05) is 19.6 Å². The van der Waals surface area contributed by atoms with Gasteiger partial charge in [-0.1, -0.05) is 18.2 Å². The molecule has 1 saturated heterocycles. The summed E-state index contributed by atoms with van der Waals surface area (Å²) in [7, 11) is 0. The van der Waals surface area contributed by atoms with Crippen LogP contribution in [0.1, 0.15) is 26.2 Å². The minimum absolute atomic E-state index is 0.0345. The van der Waals surface area contributed by atoms with E-state index < -0.39 is 0 Å². The molecule has 0 atom stereocenters. The molecule has 1 aliphatic heterocycles. The van der Waals surface area contributed by atoms with Crippen molar-refractivity contribution >= 4 is 17.7 Å². The van der Waals surface area contributed by atoms with Gasteiger partial charge in [0.1, 0.15) is 0 Å². The van der Waals surface area contributed by atoms with E-state index in [1.165, 1.54) is 31.0 Å². The Balaban J connectivity index is 1.45. The van der Waals surface area contributed by atoms with Gasteiger partial charge >= 0.3 is 0 Å². The number of amides is 1. The minimum atomic E-state index is 0.0345. The normalized spacial score (nSPS) is 15.4. The number of aromatic nitrogens is 3. The highest BCUT2D eigenvalue weighted by Crippen LogP contribution is 2.24. The summed E-state index contributed by atoms with van der Waals surface area (Å²) in [6.07, 6.45) is 5.49. The van der Waals surface area contributed by atoms with Gasteiger partial charge < -0.3 is 14.6 Å². The summed E-state index contributed by atoms with van der Waals surface area (Å²) in [5.74, 6) is 1.76. The fraction of sp³-hybridized carbons (Fsp3) is 0.588. The zero-order chi connectivity index (χ0) is 17.5. The van der Waals surface area contributed by atoms with E-state index >= 15 is 0 Å². The maximum atomic E-state index is 12.1. The summed E-state index contributed by atoms with van der Waals surface area (Å²) < 4.78 is 7.36. The topological polar surface area (TPSA) is 76.2 Å². The van der Waals surface area contributed by atoms with Gasteiger partial charge in [0.25, 0.3) is 0 Å². The second kappa shape index (κ2) is 9.05. The molecular weight excluding hydrogens is 338 g/mol. The zero-order valence-corrected chi connectivity index (χ0v) is 15.4. The molecule has 0 saturated carbocycles. The second-order valence-electron chi connectivity index (χ2n) is 6.07. The number of nitrogens with zero attached hydrogens (tertiary/aromatic N) is 4. The lowest BCUT2D eigenvalue weighted by atomic mass is 10.1. The third-order valence-corrected chi connectivity index (χ3v) is 5.27. The number of carbonyl (C=O) groups is 1. The Kier molecular flexibility index (Phi) is 6.52. The summed E-state index contributed by atoms with van der Waals surface area (Å²) >= 11 is 1.41. The highest BCUT2D eigenvalue weighted by molar-refractivity contribution is 7.99. The van der Waals surface area contributed by atoms with Crippen LogP contribution in [-0.4, -0.2) is 57.5 Å². The quantitative estimate of drug-likeness (QED) is 0.725. The van der Waals surface area contributed by atoms with Crippen molar-refractivity contribution in [2.75, 3.05) is 31.9 Å². The third-order valence-electron chi connectivity index (χ3n) is 4.31. The van der Waals surface area contributed by atoms with Crippen molar-refractivity contribution < 1.29 is 9.21 Å². The van der Waals surface area contributed by atoms with Gasteiger partial charge in [0.15, 0.2) is 16.7 Å². The minimum Gasteiger partial charge on any atom is -0.461 e. The molecule has 0 aromatic carbocycles. The van der Waals surface area contributed by atoms with Crippen LogP contribution in [0.15, 0.2) is 28.0 Å². The Labute approximate surface area is 152 Å². The molecule has 0 bridgehead atoms. The first-order chi connectivity index (χ1) is 12.3. The Hall–Kier alpha value is -1.80. The van der Waals surface area contributed by atoms with Crippen LogP contribution in [0.25, 0.3) is 11.6 Å². The van der Waals surface area contributed by atoms with Gasteiger partial charge in [-0.3, -0.25) is 9.36 Å². The maximum absolute atomic E-state index is 12.1. The Morgan fingerprint density at radius 3 is 2.88 bits per heavy atom. The molecule has 3 rings (SSSR count). The number of nitrogens with one attached hydrogen (secondary N) is 1. The van der Waals surface area contributed by atoms with E-state index in [0.29, 0.717) is 23.9 Å². The molecule has 7 nitrogen and oxygen atoms in total. The van der Waals surface area contributed by atoms with Crippen LogP contribution in [0, 0.1) is 0 Å². The number of rotatable bonds is 8. The molecular formula is C17H25N5O2S. The van der Waals surface area contributed by atoms with Gasteiger partial charge in [-0.05, 0) is 45.0 Å². The largest absolute Gasteiger partial charge is 0.461 e. The first-order valence-corrected chi connectivity index (χ1v) is 9.85. The smallest absolute Gasteiger partial charge is 0.230 e. The molecule has 0 spiro atoms. The van der Waals surface area contributed by atoms with Crippen LogP contribution in [-0.2, 0) is 11.3 Å². The lowest BCUT2D eigenvalue weighted by Gasteiger charge is -2.26. The van der Waals surface area contributed by atoms with Crippen LogP contribution in [0.5, 0.6) is 0 Å². The van der Waals surface area contributed by atoms with E-state index in [9.17, 15) is 4.79 Å². The molecule has 25 heavy (non-hydrogen) atoms. The first-order valence-electron chi connectivity index (χ1n) is 8.87. The predicted molar refractivity (Wildman–Crippen MR) is 97.4 cm³/mol. The van der Waals surface area contributed by atoms with Crippen LogP contribution >= 0.6 is 11.8 Å². The molecule has 2 aromatic heterocycles. The monoisotopic (exact) mass is 363 g/mol. The Morgan fingerprint density at radius 1 is 1.32 bits per heavy atom. The molecule has 1 amide bonds. The molecule has 0 aliphatic carbocycles. The fourth-order valence-corrected chi connectivity index (χ4v) is 3.82. The SMILES string of the molecule is CCn1c(SCC(=O)NCCN2CCCCC2)nnc1-c1ccco1. The number of piperidine rings is 1. The number of thioether (sulfide) groups is 1. The Bertz CT molecular complexity index is 665. The van der Waals surface area contributed by atoms with Gasteiger partial charge in [-0.25, -0.2) is 0 Å². The number of likely N-dealkylation sites (tertiary alicyclic amines) is 1. The molecule has 0 unspecified atom stereocenters. The summed E-state index contributed by atoms with van der Waals surface area (Å²) in [6.45, 7) is 6.70. The highest BCUT2D eigenvalue weighted by atomic mass is 32.2. The second-order valence-corrected chi connectivity index (χ2v) is 7.01. The van der Waals surface area contributed by atoms with Crippen molar-refractivity contribution in [3.8, 4) is 11.6 Å². The predicted octanol–water partition coefficient (Wildman–Crippen LogP) is 2.25. The van der Waals surface area contributed by atoms with E-state index in [2.05, 4.69) is 20.4 Å². The number of carbonyl (C=O) groups excluding carboxylic acids is 1. The van der Waals surface area contributed by atoms with E-state index in [4.69, 9.17) is 4.42 Å². The molecule has 1 aliphatic rings. The summed E-state index contributed by atoms with van der Waals surface area (Å²) in [5.41, 5.74) is 0. The maximum Gasteiger partial charge on any atom is 0.230 e. The third kappa shape index (κ3) is 4.85. The van der Waals surface area contributed by atoms with Crippen molar-refractivity contribution in [1.82, 2.24) is 25.0 Å². The van der Waals surface area contributed by atoms with Crippen molar-refractivity contribution in [3.05, 3.63) is 18.4 Å². The summed E-state index contributed by atoms with van der Waals surface area (Å²) in [5, 5.41) is 12.1. The van der Waals surface area contributed by atoms with E-state index in [0.717, 1.165) is 31.3 Å². The summed E-state index contributed by atoms with van der Waals surface area (Å²) in [6, 6.07) is 3.69. The zero-order valence-electron chi connectivity index (χ0n) is 14.6. The Morgan fingerprint density at radius 2 is 2.16 bits per heavy atom. The van der Waals surface area contributed by atoms with Gasteiger partial charge in [-0.2, -0.15) is 0 Å². The molecule has 1 N–H and O–H groups in total. The van der Waals surface area contributed by atoms with Crippen molar-refractivity contribution in [1.29, 1.82) is 0 Å². The standard InChI is InChI=1S/C17H25N5O2S/c1-2-22-16(14-7-6-12-24-14)19-20-17(22)25-13-15(23)18-8-11-21-9-4-3-5-10-21/h6-7,12H,2-5,8-11,13H2,1H3,(H,18,23). The molecule has 8 heteroatoms. The van der Waals surface area contributed by atoms with Crippen molar-refractivity contribution in [2.24, 2.45) is 0 Å². The molecule has 1 fully saturated rings. The average Bonchev–Trinajstić information content (AvgIpc) is 3.30. The number of hydrogen-bond acceptors (Lipinski definition) is 6. The lowest BCUT2D eigenvalue weighted by molar-refractivity contribution is -0.118. The van der Waals surface area contributed by atoms with Crippen molar-refractivity contribution in [2.45, 2.75) is 37.9 Å². The van der Waals surface area contributed by atoms with E-state index in [1.54, 1.807) is 6.26 Å².